The highest BCUT2D eigenvalue weighted by molar-refractivity contribution is 9.11. The van der Waals surface area contributed by atoms with Crippen molar-refractivity contribution in [2.24, 2.45) is 0 Å². The number of imide groups is 1. The van der Waals surface area contributed by atoms with Crippen LogP contribution in [0.2, 0.25) is 0 Å². The highest BCUT2D eigenvalue weighted by Crippen LogP contribution is 2.35. The average molecular weight is 383 g/mol. The quantitative estimate of drug-likeness (QED) is 0.824. The zero-order valence-electron chi connectivity index (χ0n) is 11.6. The van der Waals surface area contributed by atoms with Gasteiger partial charge in [0.05, 0.1) is 10.3 Å². The van der Waals surface area contributed by atoms with Gasteiger partial charge in [-0.15, -0.1) is 11.3 Å². The number of carbonyl (C=O) groups excluding carboxylic acids is 2. The van der Waals surface area contributed by atoms with Crippen LogP contribution in [0, 0.1) is 5.82 Å². The molecule has 1 N–H and O–H groups in total. The second-order valence-electron chi connectivity index (χ2n) is 5.18. The van der Waals surface area contributed by atoms with Crippen LogP contribution in [0.15, 0.2) is 40.2 Å². The normalized spacial score (nSPS) is 21.3. The first-order valence-corrected chi connectivity index (χ1v) is 8.15. The number of amides is 3. The molecule has 3 rings (SSSR count). The van der Waals surface area contributed by atoms with Crippen LogP contribution in [0.3, 0.4) is 0 Å². The van der Waals surface area contributed by atoms with Crippen LogP contribution >= 0.6 is 27.3 Å². The predicted octanol–water partition coefficient (Wildman–Crippen LogP) is 3.62. The van der Waals surface area contributed by atoms with E-state index in [1.807, 2.05) is 12.1 Å². The van der Waals surface area contributed by atoms with Crippen molar-refractivity contribution in [2.75, 3.05) is 0 Å². The van der Waals surface area contributed by atoms with Gasteiger partial charge in [-0.1, -0.05) is 12.1 Å². The maximum absolute atomic E-state index is 12.9. The minimum atomic E-state index is -1.06. The molecule has 0 spiro atoms. The van der Waals surface area contributed by atoms with E-state index in [1.54, 1.807) is 19.1 Å². The minimum Gasteiger partial charge on any atom is -0.319 e. The zero-order chi connectivity index (χ0) is 15.9. The molecule has 1 aliphatic heterocycles. The van der Waals surface area contributed by atoms with E-state index in [9.17, 15) is 14.0 Å². The van der Waals surface area contributed by atoms with Crippen molar-refractivity contribution in [2.45, 2.75) is 19.0 Å². The molecule has 2 heterocycles. The Labute approximate surface area is 139 Å². The zero-order valence-corrected chi connectivity index (χ0v) is 14.0. The van der Waals surface area contributed by atoms with Gasteiger partial charge in [-0.3, -0.25) is 9.69 Å². The lowest BCUT2D eigenvalue weighted by Gasteiger charge is -2.20. The van der Waals surface area contributed by atoms with Gasteiger partial charge >= 0.3 is 6.03 Å². The monoisotopic (exact) mass is 382 g/mol. The first-order chi connectivity index (χ1) is 10.4. The molecule has 0 radical (unpaired) electrons. The second-order valence-corrected chi connectivity index (χ2v) is 7.64. The number of thiophene rings is 1. The van der Waals surface area contributed by atoms with Gasteiger partial charge in [-0.25, -0.2) is 9.18 Å². The van der Waals surface area contributed by atoms with Crippen LogP contribution < -0.4 is 5.32 Å². The molecule has 4 nitrogen and oxygen atoms in total. The van der Waals surface area contributed by atoms with E-state index < -0.39 is 11.6 Å². The van der Waals surface area contributed by atoms with Crippen molar-refractivity contribution in [3.05, 3.63) is 56.4 Å². The summed E-state index contributed by atoms with van der Waals surface area (Å²) < 4.78 is 13.8. The number of urea groups is 1. The summed E-state index contributed by atoms with van der Waals surface area (Å²) in [5, 5.41) is 2.74. The van der Waals surface area contributed by atoms with Crippen molar-refractivity contribution in [1.29, 1.82) is 0 Å². The fourth-order valence-electron chi connectivity index (χ4n) is 2.36. The predicted molar refractivity (Wildman–Crippen MR) is 84.9 cm³/mol. The van der Waals surface area contributed by atoms with E-state index in [2.05, 4.69) is 21.2 Å². The fraction of sp³-hybridized carbons (Fsp3) is 0.200. The Morgan fingerprint density at radius 1 is 1.23 bits per heavy atom. The second kappa shape index (κ2) is 5.48. The minimum absolute atomic E-state index is 0.118. The third kappa shape index (κ3) is 2.55. The molecule has 0 aliphatic carbocycles. The Balaban J connectivity index is 1.86. The maximum atomic E-state index is 12.9. The summed E-state index contributed by atoms with van der Waals surface area (Å²) >= 11 is 4.76. The van der Waals surface area contributed by atoms with Crippen molar-refractivity contribution in [3.8, 4) is 0 Å². The van der Waals surface area contributed by atoms with E-state index in [0.29, 0.717) is 5.56 Å². The van der Waals surface area contributed by atoms with Crippen LogP contribution in [0.1, 0.15) is 17.4 Å². The molecular weight excluding hydrogens is 371 g/mol. The Morgan fingerprint density at radius 3 is 2.50 bits per heavy atom. The van der Waals surface area contributed by atoms with E-state index in [4.69, 9.17) is 0 Å². The first-order valence-electron chi connectivity index (χ1n) is 6.54. The molecular formula is C15H12BrFN2O2S. The SMILES string of the molecule is CC1(c2ccc(Br)s2)NC(=O)N(Cc2ccc(F)cc2)C1=O. The van der Waals surface area contributed by atoms with Crippen molar-refractivity contribution in [3.63, 3.8) is 0 Å². The first kappa shape index (κ1) is 15.2. The summed E-state index contributed by atoms with van der Waals surface area (Å²) in [6.45, 7) is 1.81. The third-order valence-corrected chi connectivity index (χ3v) is 5.44. The van der Waals surface area contributed by atoms with E-state index >= 15 is 0 Å². The summed E-state index contributed by atoms with van der Waals surface area (Å²) in [5.41, 5.74) is -0.366. The number of nitrogens with one attached hydrogen (secondary N) is 1. The Hall–Kier alpha value is -1.73. The van der Waals surface area contributed by atoms with E-state index in [-0.39, 0.29) is 18.3 Å². The number of nitrogens with zero attached hydrogens (tertiary/aromatic N) is 1. The molecule has 0 bridgehead atoms. The molecule has 7 heteroatoms. The van der Waals surface area contributed by atoms with Gasteiger partial charge in [0.1, 0.15) is 5.82 Å². The smallest absolute Gasteiger partial charge is 0.319 e. The summed E-state index contributed by atoms with van der Waals surface area (Å²) in [6, 6.07) is 8.95. The number of carbonyl (C=O) groups is 2. The largest absolute Gasteiger partial charge is 0.325 e. The third-order valence-electron chi connectivity index (χ3n) is 3.59. The Morgan fingerprint density at radius 2 is 1.91 bits per heavy atom. The lowest BCUT2D eigenvalue weighted by molar-refractivity contribution is -0.131. The van der Waals surface area contributed by atoms with Crippen molar-refractivity contribution < 1.29 is 14.0 Å². The lowest BCUT2D eigenvalue weighted by atomic mass is 10.0. The van der Waals surface area contributed by atoms with E-state index in [0.717, 1.165) is 13.6 Å². The number of hydrogen-bond donors (Lipinski definition) is 1. The number of halogens is 2. The Bertz CT molecular complexity index is 746. The molecule has 22 heavy (non-hydrogen) atoms. The molecule has 1 fully saturated rings. The molecule has 3 amide bonds. The molecule has 114 valence electrons. The van der Waals surface area contributed by atoms with Gasteiger partial charge in [-0.05, 0) is 52.7 Å². The van der Waals surface area contributed by atoms with Gasteiger partial charge in [-0.2, -0.15) is 0 Å². The summed E-state index contributed by atoms with van der Waals surface area (Å²) in [6.07, 6.45) is 0. The highest BCUT2D eigenvalue weighted by atomic mass is 79.9. The van der Waals surface area contributed by atoms with Crippen LogP contribution in [-0.4, -0.2) is 16.8 Å². The summed E-state index contributed by atoms with van der Waals surface area (Å²) in [5.74, 6) is -0.662. The van der Waals surface area contributed by atoms with Crippen molar-refractivity contribution >= 4 is 39.2 Å². The lowest BCUT2D eigenvalue weighted by Crippen LogP contribution is -2.40. The number of benzene rings is 1. The molecule has 2 aromatic rings. The number of hydrogen-bond acceptors (Lipinski definition) is 3. The van der Waals surface area contributed by atoms with Gasteiger partial charge in [0.25, 0.3) is 5.91 Å². The molecule has 1 aromatic carbocycles. The van der Waals surface area contributed by atoms with Gasteiger partial charge in [0, 0.05) is 4.88 Å². The summed E-state index contributed by atoms with van der Waals surface area (Å²) in [7, 11) is 0. The molecule has 1 unspecified atom stereocenters. The van der Waals surface area contributed by atoms with E-state index in [1.165, 1.54) is 23.5 Å². The summed E-state index contributed by atoms with van der Waals surface area (Å²) in [4.78, 5) is 26.8. The Kier molecular flexibility index (Phi) is 3.78. The molecule has 1 atom stereocenters. The molecule has 1 aromatic heterocycles. The van der Waals surface area contributed by atoms with Crippen LogP contribution in [0.25, 0.3) is 0 Å². The molecule has 1 aliphatic rings. The standard InChI is InChI=1S/C15H12BrFN2O2S/c1-15(11-6-7-12(16)22-11)13(20)19(14(21)18-15)8-9-2-4-10(17)5-3-9/h2-7H,8H2,1H3,(H,18,21). The van der Waals surface area contributed by atoms with Crippen LogP contribution in [0.4, 0.5) is 9.18 Å². The maximum Gasteiger partial charge on any atom is 0.325 e. The van der Waals surface area contributed by atoms with Gasteiger partial charge in [0.2, 0.25) is 0 Å². The molecule has 0 saturated carbocycles. The highest BCUT2D eigenvalue weighted by Gasteiger charge is 2.49. The average Bonchev–Trinajstić information content (AvgIpc) is 3.00. The van der Waals surface area contributed by atoms with Gasteiger partial charge < -0.3 is 5.32 Å². The molecule has 1 saturated heterocycles. The topological polar surface area (TPSA) is 49.4 Å². The number of rotatable bonds is 3. The van der Waals surface area contributed by atoms with Crippen LogP contribution in [0.5, 0.6) is 0 Å². The fourth-order valence-corrected chi connectivity index (χ4v) is 3.84. The van der Waals surface area contributed by atoms with Gasteiger partial charge in [0.15, 0.2) is 5.54 Å². The van der Waals surface area contributed by atoms with Crippen LogP contribution in [-0.2, 0) is 16.9 Å². The van der Waals surface area contributed by atoms with Crippen molar-refractivity contribution in [1.82, 2.24) is 10.2 Å².